The highest BCUT2D eigenvalue weighted by Crippen LogP contribution is 2.37. The molecule has 0 radical (unpaired) electrons. The molecule has 0 fully saturated rings. The van der Waals surface area contributed by atoms with Gasteiger partial charge in [-0.15, -0.1) is 10.2 Å². The Kier molecular flexibility index (Phi) is 7.13. The van der Waals surface area contributed by atoms with E-state index >= 15 is 0 Å². The van der Waals surface area contributed by atoms with Gasteiger partial charge in [0.15, 0.2) is 0 Å². The lowest BCUT2D eigenvalue weighted by Crippen LogP contribution is -2.17. The Morgan fingerprint density at radius 2 is 1.93 bits per heavy atom. The highest BCUT2D eigenvalue weighted by atomic mass is 35.5. The number of ether oxygens (including phenoxy) is 1. The maximum Gasteiger partial charge on any atom is 0.259 e. The number of fused-ring (bicyclic) bond motifs is 1. The summed E-state index contributed by atoms with van der Waals surface area (Å²) >= 11 is 12.5. The van der Waals surface area contributed by atoms with Crippen molar-refractivity contribution in [3.8, 4) is 5.88 Å². The molecule has 0 aliphatic heterocycles. The largest absolute Gasteiger partial charge is 0.475 e. The minimum atomic E-state index is 0.218. The predicted octanol–water partition coefficient (Wildman–Crippen LogP) is 6.21. The van der Waals surface area contributed by atoms with Crippen LogP contribution in [0, 0.1) is 5.92 Å². The van der Waals surface area contributed by atoms with Gasteiger partial charge < -0.3 is 9.72 Å². The summed E-state index contributed by atoms with van der Waals surface area (Å²) < 4.78 is 5.73. The van der Waals surface area contributed by atoms with Crippen molar-refractivity contribution < 1.29 is 4.74 Å². The van der Waals surface area contributed by atoms with E-state index in [-0.39, 0.29) is 5.92 Å². The van der Waals surface area contributed by atoms with E-state index in [2.05, 4.69) is 40.9 Å². The number of halogens is 2. The number of imidazole rings is 1. The Hall–Kier alpha value is -1.85. The van der Waals surface area contributed by atoms with E-state index in [1.54, 1.807) is 12.4 Å². The van der Waals surface area contributed by atoms with E-state index < -0.39 is 0 Å². The lowest BCUT2D eigenvalue weighted by molar-refractivity contribution is 0.303. The van der Waals surface area contributed by atoms with Crippen LogP contribution < -0.4 is 4.74 Å². The van der Waals surface area contributed by atoms with Gasteiger partial charge >= 0.3 is 0 Å². The van der Waals surface area contributed by atoms with Crippen molar-refractivity contribution in [1.82, 2.24) is 20.2 Å². The summed E-state index contributed by atoms with van der Waals surface area (Å²) in [6.45, 7) is 7.04. The van der Waals surface area contributed by atoms with Crippen LogP contribution in [-0.4, -0.2) is 26.8 Å². The molecule has 5 nitrogen and oxygen atoms in total. The van der Waals surface area contributed by atoms with Gasteiger partial charge in [0.25, 0.3) is 5.88 Å². The van der Waals surface area contributed by atoms with Crippen molar-refractivity contribution in [2.45, 2.75) is 52.4 Å². The van der Waals surface area contributed by atoms with Crippen LogP contribution >= 0.6 is 23.2 Å². The summed E-state index contributed by atoms with van der Waals surface area (Å²) in [5, 5.41) is 10.3. The van der Waals surface area contributed by atoms with Gasteiger partial charge in [-0.25, -0.2) is 4.98 Å². The van der Waals surface area contributed by atoms with Gasteiger partial charge in [-0.05, 0) is 42.9 Å². The van der Waals surface area contributed by atoms with Crippen LogP contribution in [0.4, 0.5) is 0 Å². The molecular formula is C21H26Cl2N4O. The van der Waals surface area contributed by atoms with Crippen LogP contribution in [0.2, 0.25) is 10.0 Å². The number of rotatable bonds is 9. The fourth-order valence-corrected chi connectivity index (χ4v) is 4.17. The molecule has 1 aromatic carbocycles. The molecule has 0 saturated heterocycles. The average Bonchev–Trinajstić information content (AvgIpc) is 3.18. The van der Waals surface area contributed by atoms with Crippen molar-refractivity contribution in [2.75, 3.05) is 6.61 Å². The topological polar surface area (TPSA) is 63.7 Å². The monoisotopic (exact) mass is 420 g/mol. The van der Waals surface area contributed by atoms with Gasteiger partial charge in [-0.1, -0.05) is 56.5 Å². The molecule has 2 heterocycles. The van der Waals surface area contributed by atoms with E-state index in [0.717, 1.165) is 48.0 Å². The molecule has 0 spiro atoms. The summed E-state index contributed by atoms with van der Waals surface area (Å²) in [6.07, 6.45) is 5.39. The van der Waals surface area contributed by atoms with Gasteiger partial charge in [0.05, 0.1) is 18.6 Å². The summed E-state index contributed by atoms with van der Waals surface area (Å²) in [6, 6.07) is 5.71. The van der Waals surface area contributed by atoms with Crippen LogP contribution in [0.25, 0.3) is 11.0 Å². The zero-order valence-electron chi connectivity index (χ0n) is 16.5. The smallest absolute Gasteiger partial charge is 0.259 e. The van der Waals surface area contributed by atoms with Crippen LogP contribution in [-0.2, 0) is 6.42 Å². The standard InChI is InChI=1S/C21H26Cl2N4O/c1-4-9-28-21-20-19(24-12-25-20)18(26-27-21)16(6-3)13(5-2)10-14-7-8-15(22)11-17(14)23/h7-8,11-13,16H,4-6,9-10H2,1-3H3,(H,24,25). The first-order valence-corrected chi connectivity index (χ1v) is 10.6. The maximum atomic E-state index is 6.43. The molecule has 0 saturated carbocycles. The molecule has 28 heavy (non-hydrogen) atoms. The van der Waals surface area contributed by atoms with Crippen molar-refractivity contribution >= 4 is 34.2 Å². The lowest BCUT2D eigenvalue weighted by atomic mass is 9.81. The SMILES string of the molecule is CCCOc1nnc(C(CC)C(CC)Cc2ccc(Cl)cc2Cl)c2nc[nH]c12. The number of benzene rings is 1. The van der Waals surface area contributed by atoms with E-state index in [9.17, 15) is 0 Å². The molecule has 2 unspecified atom stereocenters. The number of hydrogen-bond donors (Lipinski definition) is 1. The van der Waals surface area contributed by atoms with E-state index in [0.29, 0.717) is 28.5 Å². The number of H-pyrrole nitrogens is 1. The number of aromatic amines is 1. The molecule has 2 aromatic heterocycles. The molecule has 3 rings (SSSR count). The third-order valence-corrected chi connectivity index (χ3v) is 5.76. The second-order valence-electron chi connectivity index (χ2n) is 6.99. The fourth-order valence-electron chi connectivity index (χ4n) is 3.69. The van der Waals surface area contributed by atoms with E-state index in [4.69, 9.17) is 27.9 Å². The van der Waals surface area contributed by atoms with E-state index in [1.165, 1.54) is 0 Å². The van der Waals surface area contributed by atoms with Gasteiger partial charge in [0, 0.05) is 16.0 Å². The Labute approximate surface area is 175 Å². The zero-order valence-corrected chi connectivity index (χ0v) is 18.0. The zero-order chi connectivity index (χ0) is 20.1. The average molecular weight is 421 g/mol. The normalized spacial score (nSPS) is 13.6. The molecule has 0 aliphatic rings. The van der Waals surface area contributed by atoms with Gasteiger partial charge in [-0.2, -0.15) is 0 Å². The Balaban J connectivity index is 1.94. The number of hydrogen-bond acceptors (Lipinski definition) is 4. The predicted molar refractivity (Wildman–Crippen MR) is 114 cm³/mol. The van der Waals surface area contributed by atoms with Crippen molar-refractivity contribution in [2.24, 2.45) is 5.92 Å². The molecule has 150 valence electrons. The lowest BCUT2D eigenvalue weighted by Gasteiger charge is -2.25. The molecule has 1 N–H and O–H groups in total. The van der Waals surface area contributed by atoms with Crippen molar-refractivity contribution in [1.29, 1.82) is 0 Å². The molecule has 3 aromatic rings. The fraction of sp³-hybridized carbons (Fsp3) is 0.476. The molecule has 0 amide bonds. The summed E-state index contributed by atoms with van der Waals surface area (Å²) in [5.41, 5.74) is 3.68. The summed E-state index contributed by atoms with van der Waals surface area (Å²) in [4.78, 5) is 7.69. The van der Waals surface area contributed by atoms with Crippen molar-refractivity contribution in [3.63, 3.8) is 0 Å². The number of nitrogens with one attached hydrogen (secondary N) is 1. The second kappa shape index (κ2) is 9.57. The molecule has 2 atom stereocenters. The molecule has 7 heteroatoms. The quantitative estimate of drug-likeness (QED) is 0.446. The molecule has 0 aliphatic carbocycles. The highest BCUT2D eigenvalue weighted by Gasteiger charge is 2.27. The Morgan fingerprint density at radius 1 is 1.11 bits per heavy atom. The van der Waals surface area contributed by atoms with Crippen molar-refractivity contribution in [3.05, 3.63) is 45.8 Å². The summed E-state index contributed by atoms with van der Waals surface area (Å²) in [5.74, 6) is 1.09. The first-order chi connectivity index (χ1) is 13.6. The van der Waals surface area contributed by atoms with Crippen LogP contribution in [0.3, 0.4) is 0 Å². The van der Waals surface area contributed by atoms with Gasteiger partial charge in [0.1, 0.15) is 11.0 Å². The first kappa shape index (κ1) is 20.9. The third-order valence-electron chi connectivity index (χ3n) is 5.17. The minimum absolute atomic E-state index is 0.218. The minimum Gasteiger partial charge on any atom is -0.475 e. The Bertz CT molecular complexity index is 928. The van der Waals surface area contributed by atoms with Gasteiger partial charge in [-0.3, -0.25) is 0 Å². The second-order valence-corrected chi connectivity index (χ2v) is 7.83. The third kappa shape index (κ3) is 4.41. The highest BCUT2D eigenvalue weighted by molar-refractivity contribution is 6.35. The van der Waals surface area contributed by atoms with Crippen LogP contribution in [0.5, 0.6) is 5.88 Å². The van der Waals surface area contributed by atoms with Crippen LogP contribution in [0.1, 0.15) is 57.2 Å². The van der Waals surface area contributed by atoms with Crippen LogP contribution in [0.15, 0.2) is 24.5 Å². The van der Waals surface area contributed by atoms with Gasteiger partial charge in [0.2, 0.25) is 0 Å². The van der Waals surface area contributed by atoms with E-state index in [1.807, 2.05) is 12.1 Å². The number of nitrogens with zero attached hydrogens (tertiary/aromatic N) is 3. The molecule has 0 bridgehead atoms. The first-order valence-electron chi connectivity index (χ1n) is 9.85. The summed E-state index contributed by atoms with van der Waals surface area (Å²) in [7, 11) is 0. The maximum absolute atomic E-state index is 6.43. The molecular weight excluding hydrogens is 395 g/mol. The number of aromatic nitrogens is 4. The Morgan fingerprint density at radius 3 is 2.61 bits per heavy atom.